The number of nitrogens with zero attached hydrogens (tertiary/aromatic N) is 1. The maximum Gasteiger partial charge on any atom is 0.295 e. The second-order valence-electron chi connectivity index (χ2n) is 10.7. The molecule has 2 aromatic carbocycles. The molecule has 0 radical (unpaired) electrons. The molecule has 2 aliphatic heterocycles. The van der Waals surface area contributed by atoms with Crippen LogP contribution in [0.1, 0.15) is 43.0 Å². The zero-order valence-electron chi connectivity index (χ0n) is 24.1. The highest BCUT2D eigenvalue weighted by Crippen LogP contribution is 2.41. The van der Waals surface area contributed by atoms with Crippen LogP contribution in [0.4, 0.5) is 0 Å². The van der Waals surface area contributed by atoms with Gasteiger partial charge < -0.3 is 33.9 Å². The number of hydrogen-bond donors (Lipinski definition) is 1. The lowest BCUT2D eigenvalue weighted by Crippen LogP contribution is -3.14. The quantitative estimate of drug-likeness (QED) is 0.257. The predicted octanol–water partition coefficient (Wildman–Crippen LogP) is 1.58. The first kappa shape index (κ1) is 29.4. The average molecular weight is 553 g/mol. The van der Waals surface area contributed by atoms with E-state index in [0.29, 0.717) is 53.9 Å². The Bertz CT molecular complexity index is 1250. The van der Waals surface area contributed by atoms with Crippen LogP contribution in [-0.2, 0) is 14.3 Å². The Kier molecular flexibility index (Phi) is 9.71. The Labute approximate surface area is 236 Å². The van der Waals surface area contributed by atoms with Crippen molar-refractivity contribution in [3.05, 3.63) is 58.7 Å². The number of hydrogen-bond acceptors (Lipinski definition) is 7. The van der Waals surface area contributed by atoms with E-state index in [1.54, 1.807) is 43.5 Å². The minimum absolute atomic E-state index is 0.0498. The number of carbonyl (C=O) groups is 2. The summed E-state index contributed by atoms with van der Waals surface area (Å²) in [5, 5.41) is 13.9. The molecule has 2 saturated heterocycles. The SMILES string of the molecule is COc1ccc(C2C(=C([O-])c3ccc(OCC(C)C)c(C)c3)C(=O)C(=O)N2CCC[NH+]2CCOCC2)cc1OC. The van der Waals surface area contributed by atoms with E-state index in [2.05, 4.69) is 13.8 Å². The first-order chi connectivity index (χ1) is 19.2. The molecule has 2 aliphatic rings. The summed E-state index contributed by atoms with van der Waals surface area (Å²) in [7, 11) is 3.06. The number of ether oxygens (including phenoxy) is 4. The van der Waals surface area contributed by atoms with Crippen LogP contribution in [0.3, 0.4) is 0 Å². The van der Waals surface area contributed by atoms with Gasteiger partial charge in [0, 0.05) is 18.5 Å². The van der Waals surface area contributed by atoms with Crippen molar-refractivity contribution in [2.45, 2.75) is 33.2 Å². The summed E-state index contributed by atoms with van der Waals surface area (Å²) in [4.78, 5) is 29.7. The molecule has 0 aliphatic carbocycles. The van der Waals surface area contributed by atoms with E-state index in [4.69, 9.17) is 18.9 Å². The standard InChI is InChI=1S/C31H40N2O7/c1-20(2)19-40-24-9-8-23(17-21(24)3)29(34)27-28(22-7-10-25(37-4)26(18-22)38-5)33(31(36)30(27)35)12-6-11-32-13-15-39-16-14-32/h7-10,17-18,20,28,34H,6,11-16,19H2,1-5H3. The van der Waals surface area contributed by atoms with Gasteiger partial charge in [0.25, 0.3) is 5.91 Å². The van der Waals surface area contributed by atoms with Crippen LogP contribution in [-0.4, -0.2) is 76.8 Å². The Morgan fingerprint density at radius 1 is 1.05 bits per heavy atom. The van der Waals surface area contributed by atoms with Crippen LogP contribution in [0, 0.1) is 12.8 Å². The van der Waals surface area contributed by atoms with Crippen LogP contribution < -0.4 is 24.2 Å². The summed E-state index contributed by atoms with van der Waals surface area (Å²) in [6.07, 6.45) is 0.695. The van der Waals surface area contributed by atoms with Gasteiger partial charge in [0.2, 0.25) is 5.78 Å². The number of benzene rings is 2. The van der Waals surface area contributed by atoms with E-state index >= 15 is 0 Å². The Balaban J connectivity index is 1.71. The number of quaternary nitrogens is 1. The number of methoxy groups -OCH3 is 2. The van der Waals surface area contributed by atoms with Gasteiger partial charge >= 0.3 is 0 Å². The first-order valence-electron chi connectivity index (χ1n) is 13.9. The van der Waals surface area contributed by atoms with E-state index in [0.717, 1.165) is 38.4 Å². The third-order valence-corrected chi connectivity index (χ3v) is 7.39. The van der Waals surface area contributed by atoms with Crippen LogP contribution in [0.15, 0.2) is 42.0 Å². The number of Topliss-reactive ketones (excluding diaryl/α,β-unsaturated/α-hetero) is 1. The lowest BCUT2D eigenvalue weighted by molar-refractivity contribution is -0.908. The van der Waals surface area contributed by atoms with Gasteiger partial charge in [-0.15, -0.1) is 0 Å². The normalized spacial score (nSPS) is 19.4. The van der Waals surface area contributed by atoms with Crippen molar-refractivity contribution in [3.63, 3.8) is 0 Å². The van der Waals surface area contributed by atoms with Gasteiger partial charge in [0.1, 0.15) is 18.8 Å². The first-order valence-corrected chi connectivity index (χ1v) is 13.9. The maximum atomic E-state index is 13.9. The number of nitrogens with one attached hydrogen (secondary N) is 1. The monoisotopic (exact) mass is 552 g/mol. The highest BCUT2D eigenvalue weighted by atomic mass is 16.5. The Morgan fingerprint density at radius 3 is 2.40 bits per heavy atom. The third-order valence-electron chi connectivity index (χ3n) is 7.39. The van der Waals surface area contributed by atoms with Crippen molar-refractivity contribution in [2.75, 3.05) is 60.2 Å². The molecule has 1 unspecified atom stereocenters. The molecule has 2 fully saturated rings. The van der Waals surface area contributed by atoms with Crippen LogP contribution in [0.5, 0.6) is 17.2 Å². The fourth-order valence-corrected chi connectivity index (χ4v) is 5.24. The molecule has 0 saturated carbocycles. The number of amides is 1. The molecule has 40 heavy (non-hydrogen) atoms. The molecule has 1 amide bonds. The van der Waals surface area contributed by atoms with Gasteiger partial charge in [0.15, 0.2) is 11.5 Å². The van der Waals surface area contributed by atoms with E-state index in [-0.39, 0.29) is 5.57 Å². The van der Waals surface area contributed by atoms with E-state index in [1.165, 1.54) is 16.9 Å². The van der Waals surface area contributed by atoms with Crippen molar-refractivity contribution in [1.29, 1.82) is 0 Å². The molecule has 1 atom stereocenters. The van der Waals surface area contributed by atoms with Gasteiger partial charge in [0.05, 0.1) is 46.6 Å². The fourth-order valence-electron chi connectivity index (χ4n) is 5.24. The smallest absolute Gasteiger partial charge is 0.295 e. The minimum atomic E-state index is -0.829. The zero-order chi connectivity index (χ0) is 28.8. The third kappa shape index (κ3) is 6.42. The molecule has 2 heterocycles. The average Bonchev–Trinajstić information content (AvgIpc) is 3.21. The molecule has 2 aromatic rings. The van der Waals surface area contributed by atoms with Crippen molar-refractivity contribution >= 4 is 17.4 Å². The molecule has 1 N–H and O–H groups in total. The fraction of sp³-hybridized carbons (Fsp3) is 0.484. The summed E-state index contributed by atoms with van der Waals surface area (Å²) in [6.45, 7) is 11.0. The molecular formula is C31H40N2O7. The minimum Gasteiger partial charge on any atom is -0.872 e. The largest absolute Gasteiger partial charge is 0.872 e. The molecule has 0 aromatic heterocycles. The van der Waals surface area contributed by atoms with Gasteiger partial charge in [-0.2, -0.15) is 0 Å². The molecular weight excluding hydrogens is 512 g/mol. The highest BCUT2D eigenvalue weighted by molar-refractivity contribution is 6.46. The van der Waals surface area contributed by atoms with Crippen LogP contribution >= 0.6 is 0 Å². The van der Waals surface area contributed by atoms with E-state index < -0.39 is 23.5 Å². The number of aryl methyl sites for hydroxylation is 1. The number of carbonyl (C=O) groups excluding carboxylic acids is 2. The number of morpholine rings is 1. The van der Waals surface area contributed by atoms with Crippen molar-refractivity contribution in [2.24, 2.45) is 5.92 Å². The number of rotatable bonds is 11. The lowest BCUT2D eigenvalue weighted by Gasteiger charge is -2.29. The number of ketones is 1. The molecule has 9 nitrogen and oxygen atoms in total. The molecule has 9 heteroatoms. The van der Waals surface area contributed by atoms with E-state index in [9.17, 15) is 14.7 Å². The predicted molar refractivity (Wildman–Crippen MR) is 148 cm³/mol. The molecule has 0 spiro atoms. The van der Waals surface area contributed by atoms with E-state index in [1.807, 2.05) is 6.92 Å². The topological polar surface area (TPSA) is 102 Å². The van der Waals surface area contributed by atoms with Crippen molar-refractivity contribution < 1.29 is 38.5 Å². The van der Waals surface area contributed by atoms with Crippen molar-refractivity contribution in [3.8, 4) is 17.2 Å². The van der Waals surface area contributed by atoms with Crippen molar-refractivity contribution in [1.82, 2.24) is 4.90 Å². The lowest BCUT2D eigenvalue weighted by atomic mass is 9.94. The zero-order valence-corrected chi connectivity index (χ0v) is 24.1. The highest BCUT2D eigenvalue weighted by Gasteiger charge is 2.44. The molecule has 4 rings (SSSR count). The van der Waals surface area contributed by atoms with Crippen LogP contribution in [0.25, 0.3) is 5.76 Å². The maximum absolute atomic E-state index is 13.9. The Morgan fingerprint density at radius 2 is 1.75 bits per heavy atom. The van der Waals surface area contributed by atoms with Crippen LogP contribution in [0.2, 0.25) is 0 Å². The number of likely N-dealkylation sites (tertiary alicyclic amines) is 1. The molecule has 0 bridgehead atoms. The van der Waals surface area contributed by atoms with Gasteiger partial charge in [-0.25, -0.2) is 0 Å². The summed E-state index contributed by atoms with van der Waals surface area (Å²) in [5.74, 6) is 0.140. The summed E-state index contributed by atoms with van der Waals surface area (Å²) < 4.78 is 22.2. The summed E-state index contributed by atoms with van der Waals surface area (Å²) in [6, 6.07) is 9.54. The van der Waals surface area contributed by atoms with Gasteiger partial charge in [-0.05, 0) is 53.8 Å². The second-order valence-corrected chi connectivity index (χ2v) is 10.7. The Hall–Kier alpha value is -3.56. The van der Waals surface area contributed by atoms with Gasteiger partial charge in [-0.3, -0.25) is 9.59 Å². The van der Waals surface area contributed by atoms with Gasteiger partial charge in [-0.1, -0.05) is 31.7 Å². The molecule has 216 valence electrons. The summed E-state index contributed by atoms with van der Waals surface area (Å²) >= 11 is 0. The second kappa shape index (κ2) is 13.2. The summed E-state index contributed by atoms with van der Waals surface area (Å²) in [5.41, 5.74) is 1.70.